The SMILES string of the molecule is Clc1cccc(Cn2c3ccncc3c3nc4cnccn4c32)c1. The number of pyridine rings is 1. The van der Waals surface area contributed by atoms with Gasteiger partial charge in [0.1, 0.15) is 11.2 Å². The zero-order valence-electron chi connectivity index (χ0n) is 12.6. The lowest BCUT2D eigenvalue weighted by Gasteiger charge is -2.08. The first-order chi connectivity index (χ1) is 11.8. The molecule has 0 bridgehead atoms. The van der Waals surface area contributed by atoms with E-state index in [-0.39, 0.29) is 0 Å². The standard InChI is InChI=1S/C18H12ClN5/c19-13-3-1-2-12(8-13)11-24-15-4-5-20-9-14(15)17-18(24)23-7-6-21-10-16(23)22-17/h1-10H,11H2. The monoisotopic (exact) mass is 333 g/mol. The number of aromatic nitrogens is 5. The lowest BCUT2D eigenvalue weighted by atomic mass is 10.2. The van der Waals surface area contributed by atoms with Gasteiger partial charge in [-0.1, -0.05) is 23.7 Å². The van der Waals surface area contributed by atoms with Crippen LogP contribution in [0.5, 0.6) is 0 Å². The Bertz CT molecular complexity index is 1200. The van der Waals surface area contributed by atoms with Gasteiger partial charge in [-0.15, -0.1) is 0 Å². The first-order valence-electron chi connectivity index (χ1n) is 7.60. The molecule has 0 atom stereocenters. The second-order valence-electron chi connectivity index (χ2n) is 5.70. The van der Waals surface area contributed by atoms with E-state index in [1.54, 1.807) is 12.4 Å². The van der Waals surface area contributed by atoms with Crippen LogP contribution in [0.2, 0.25) is 5.02 Å². The Labute approximate surface area is 142 Å². The summed E-state index contributed by atoms with van der Waals surface area (Å²) in [6, 6.07) is 9.95. The van der Waals surface area contributed by atoms with Crippen molar-refractivity contribution in [2.24, 2.45) is 0 Å². The van der Waals surface area contributed by atoms with E-state index >= 15 is 0 Å². The molecule has 4 aromatic heterocycles. The summed E-state index contributed by atoms with van der Waals surface area (Å²) in [5, 5.41) is 1.78. The maximum Gasteiger partial charge on any atom is 0.157 e. The van der Waals surface area contributed by atoms with Crippen LogP contribution in [0.15, 0.2) is 61.3 Å². The van der Waals surface area contributed by atoms with Gasteiger partial charge >= 0.3 is 0 Å². The minimum atomic E-state index is 0.709. The quantitative estimate of drug-likeness (QED) is 0.491. The van der Waals surface area contributed by atoms with Crippen molar-refractivity contribution in [3.8, 4) is 0 Å². The summed E-state index contributed by atoms with van der Waals surface area (Å²) in [6.45, 7) is 0.709. The number of fused-ring (bicyclic) bond motifs is 5. The highest BCUT2D eigenvalue weighted by Gasteiger charge is 2.16. The van der Waals surface area contributed by atoms with Crippen molar-refractivity contribution in [3.05, 3.63) is 71.9 Å². The topological polar surface area (TPSA) is 48.0 Å². The van der Waals surface area contributed by atoms with Crippen molar-refractivity contribution in [2.75, 3.05) is 0 Å². The summed E-state index contributed by atoms with van der Waals surface area (Å²) >= 11 is 6.15. The summed E-state index contributed by atoms with van der Waals surface area (Å²) in [4.78, 5) is 13.2. The number of benzene rings is 1. The van der Waals surface area contributed by atoms with Gasteiger partial charge in [0.05, 0.1) is 11.7 Å². The van der Waals surface area contributed by atoms with Crippen LogP contribution in [0.25, 0.3) is 27.7 Å². The molecule has 0 radical (unpaired) electrons. The van der Waals surface area contributed by atoms with Gasteiger partial charge in [-0.25, -0.2) is 4.98 Å². The second kappa shape index (κ2) is 5.04. The average Bonchev–Trinajstić information content (AvgIpc) is 3.12. The molecule has 5 rings (SSSR count). The van der Waals surface area contributed by atoms with Crippen LogP contribution in [0.3, 0.4) is 0 Å². The molecule has 0 unspecified atom stereocenters. The molecule has 116 valence electrons. The van der Waals surface area contributed by atoms with E-state index in [0.29, 0.717) is 6.54 Å². The fraction of sp³-hybridized carbons (Fsp3) is 0.0556. The van der Waals surface area contributed by atoms with Crippen LogP contribution >= 0.6 is 11.6 Å². The van der Waals surface area contributed by atoms with E-state index in [1.165, 1.54) is 0 Å². The van der Waals surface area contributed by atoms with Crippen molar-refractivity contribution in [3.63, 3.8) is 0 Å². The lowest BCUT2D eigenvalue weighted by Crippen LogP contribution is -2.02. The molecule has 24 heavy (non-hydrogen) atoms. The van der Waals surface area contributed by atoms with E-state index in [9.17, 15) is 0 Å². The molecule has 0 N–H and O–H groups in total. The highest BCUT2D eigenvalue weighted by molar-refractivity contribution is 6.30. The van der Waals surface area contributed by atoms with Gasteiger partial charge in [0.25, 0.3) is 0 Å². The van der Waals surface area contributed by atoms with E-state index in [2.05, 4.69) is 25.0 Å². The van der Waals surface area contributed by atoms with Crippen LogP contribution in [0, 0.1) is 0 Å². The number of halogens is 1. The van der Waals surface area contributed by atoms with Crippen molar-refractivity contribution >= 4 is 39.3 Å². The summed E-state index contributed by atoms with van der Waals surface area (Å²) in [6.07, 6.45) is 9.15. The third-order valence-corrected chi connectivity index (χ3v) is 4.47. The predicted molar refractivity (Wildman–Crippen MR) is 94.3 cm³/mol. The predicted octanol–water partition coefficient (Wildman–Crippen LogP) is 3.93. The fourth-order valence-electron chi connectivity index (χ4n) is 3.23. The third-order valence-electron chi connectivity index (χ3n) is 4.23. The van der Waals surface area contributed by atoms with Crippen LogP contribution < -0.4 is 0 Å². The normalized spacial score (nSPS) is 11.7. The summed E-state index contributed by atoms with van der Waals surface area (Å²) in [7, 11) is 0. The molecule has 6 heteroatoms. The minimum absolute atomic E-state index is 0.709. The molecule has 0 amide bonds. The average molecular weight is 334 g/mol. The van der Waals surface area contributed by atoms with Gasteiger partial charge in [-0.05, 0) is 23.8 Å². The first-order valence-corrected chi connectivity index (χ1v) is 7.97. The largest absolute Gasteiger partial charge is 0.320 e. The lowest BCUT2D eigenvalue weighted by molar-refractivity contribution is 0.848. The summed E-state index contributed by atoms with van der Waals surface area (Å²) in [5.74, 6) is 0. The Morgan fingerprint density at radius 2 is 1.96 bits per heavy atom. The maximum absolute atomic E-state index is 6.15. The van der Waals surface area contributed by atoms with Crippen molar-refractivity contribution < 1.29 is 0 Å². The Morgan fingerprint density at radius 3 is 2.88 bits per heavy atom. The summed E-state index contributed by atoms with van der Waals surface area (Å²) < 4.78 is 4.31. The van der Waals surface area contributed by atoms with Gasteiger partial charge < -0.3 is 4.57 Å². The van der Waals surface area contributed by atoms with Gasteiger partial charge in [0, 0.05) is 41.7 Å². The molecular weight excluding hydrogens is 322 g/mol. The van der Waals surface area contributed by atoms with E-state index in [4.69, 9.17) is 16.6 Å². The number of hydrogen-bond donors (Lipinski definition) is 0. The molecule has 0 saturated carbocycles. The fourth-order valence-corrected chi connectivity index (χ4v) is 3.44. The van der Waals surface area contributed by atoms with Gasteiger partial charge in [-0.3, -0.25) is 14.4 Å². The summed E-state index contributed by atoms with van der Waals surface area (Å²) in [5.41, 5.74) is 5.05. The molecule has 0 spiro atoms. The molecular formula is C18H12ClN5. The van der Waals surface area contributed by atoms with Crippen LogP contribution in [-0.2, 0) is 6.54 Å². The van der Waals surface area contributed by atoms with Crippen molar-refractivity contribution in [1.29, 1.82) is 0 Å². The Morgan fingerprint density at radius 1 is 1.04 bits per heavy atom. The third kappa shape index (κ3) is 1.91. The number of hydrogen-bond acceptors (Lipinski definition) is 3. The van der Waals surface area contributed by atoms with Crippen molar-refractivity contribution in [1.82, 2.24) is 23.9 Å². The number of rotatable bonds is 2. The van der Waals surface area contributed by atoms with Crippen LogP contribution in [0.1, 0.15) is 5.56 Å². The minimum Gasteiger partial charge on any atom is -0.320 e. The highest BCUT2D eigenvalue weighted by Crippen LogP contribution is 2.29. The Kier molecular flexibility index (Phi) is 2.84. The van der Waals surface area contributed by atoms with Crippen molar-refractivity contribution in [2.45, 2.75) is 6.54 Å². The molecule has 0 fully saturated rings. The maximum atomic E-state index is 6.15. The van der Waals surface area contributed by atoms with Crippen LogP contribution in [-0.4, -0.2) is 23.9 Å². The molecule has 0 aliphatic carbocycles. The first kappa shape index (κ1) is 13.5. The molecule has 0 saturated heterocycles. The number of nitrogens with zero attached hydrogens (tertiary/aromatic N) is 5. The van der Waals surface area contributed by atoms with E-state index < -0.39 is 0 Å². The molecule has 0 aliphatic rings. The molecule has 4 heterocycles. The molecule has 1 aromatic carbocycles. The van der Waals surface area contributed by atoms with Gasteiger partial charge in [-0.2, -0.15) is 0 Å². The number of imidazole rings is 1. The van der Waals surface area contributed by atoms with Gasteiger partial charge in [0.2, 0.25) is 0 Å². The smallest absolute Gasteiger partial charge is 0.157 e. The molecule has 0 aliphatic heterocycles. The Hall–Kier alpha value is -2.92. The van der Waals surface area contributed by atoms with Crippen LogP contribution in [0.4, 0.5) is 0 Å². The zero-order chi connectivity index (χ0) is 16.1. The molecule has 5 aromatic rings. The van der Waals surface area contributed by atoms with E-state index in [0.717, 1.165) is 38.3 Å². The second-order valence-corrected chi connectivity index (χ2v) is 6.13. The Balaban J connectivity index is 1.87. The molecule has 5 nitrogen and oxygen atoms in total. The van der Waals surface area contributed by atoms with Gasteiger partial charge in [0.15, 0.2) is 5.65 Å². The zero-order valence-corrected chi connectivity index (χ0v) is 13.4. The highest BCUT2D eigenvalue weighted by atomic mass is 35.5. The van der Waals surface area contributed by atoms with E-state index in [1.807, 2.05) is 42.9 Å².